The number of hydrogen-bond acceptors (Lipinski definition) is 5. The molecule has 9 heteroatoms. The fraction of sp³-hybridized carbons (Fsp3) is 0.160. The number of aromatic nitrogens is 4. The quantitative estimate of drug-likeness (QED) is 0.218. The van der Waals surface area contributed by atoms with Crippen molar-refractivity contribution in [1.82, 2.24) is 19.1 Å². The van der Waals surface area contributed by atoms with E-state index in [0.717, 1.165) is 4.57 Å². The number of nitrogens with zero attached hydrogens (tertiary/aromatic N) is 4. The second-order valence-electron chi connectivity index (χ2n) is 7.41. The molecule has 0 aliphatic rings. The van der Waals surface area contributed by atoms with Gasteiger partial charge in [-0.05, 0) is 43.3 Å². The van der Waals surface area contributed by atoms with Crippen molar-refractivity contribution < 1.29 is 13.5 Å². The zero-order chi connectivity index (χ0) is 23.7. The van der Waals surface area contributed by atoms with Crippen molar-refractivity contribution in [3.8, 4) is 11.4 Å². The zero-order valence-corrected chi connectivity index (χ0v) is 19.0. The largest absolute Gasteiger partial charge is 0.492 e. The molecule has 2 heterocycles. The monoisotopic (exact) mass is 478 g/mol. The Balaban J connectivity index is 1.65. The third kappa shape index (κ3) is 3.92. The molecule has 172 valence electrons. The van der Waals surface area contributed by atoms with E-state index in [1.165, 1.54) is 16.3 Å². The standard InChI is InChI=1S/C25H20F2N4O2S/c1-2-33-21-14-8-7-13-20(21)31-23(32)16-9-3-4-10-17(16)29-25(31)34-15-22-28-18-11-5-6-12-19(18)30(22)24(26)27/h3-14,24H,2,15H2,1H3. The normalized spacial score (nSPS) is 11.5. The molecule has 3 aromatic carbocycles. The first-order valence-electron chi connectivity index (χ1n) is 10.7. The second-order valence-corrected chi connectivity index (χ2v) is 8.35. The van der Waals surface area contributed by atoms with Crippen molar-refractivity contribution >= 4 is 33.7 Å². The van der Waals surface area contributed by atoms with Crippen LogP contribution in [0.3, 0.4) is 0 Å². The van der Waals surface area contributed by atoms with Gasteiger partial charge in [-0.25, -0.2) is 9.97 Å². The summed E-state index contributed by atoms with van der Waals surface area (Å²) in [4.78, 5) is 22.7. The molecule has 0 bridgehead atoms. The van der Waals surface area contributed by atoms with Crippen LogP contribution in [0.5, 0.6) is 5.75 Å². The third-order valence-corrected chi connectivity index (χ3v) is 6.28. The van der Waals surface area contributed by atoms with Crippen LogP contribution in [-0.4, -0.2) is 25.7 Å². The number of hydrogen-bond donors (Lipinski definition) is 0. The minimum atomic E-state index is -2.74. The van der Waals surface area contributed by atoms with Crippen LogP contribution in [0.4, 0.5) is 8.78 Å². The molecule has 2 aromatic heterocycles. The minimum absolute atomic E-state index is 0.0978. The highest BCUT2D eigenvalue weighted by Crippen LogP contribution is 2.31. The van der Waals surface area contributed by atoms with Gasteiger partial charge in [0, 0.05) is 0 Å². The Hall–Kier alpha value is -3.72. The summed E-state index contributed by atoms with van der Waals surface area (Å²) in [5.41, 5.74) is 1.66. The predicted octanol–water partition coefficient (Wildman–Crippen LogP) is 5.82. The van der Waals surface area contributed by atoms with Gasteiger partial charge >= 0.3 is 6.55 Å². The van der Waals surface area contributed by atoms with Crippen LogP contribution in [0.1, 0.15) is 19.3 Å². The zero-order valence-electron chi connectivity index (χ0n) is 18.2. The minimum Gasteiger partial charge on any atom is -0.492 e. The number of benzene rings is 3. The van der Waals surface area contributed by atoms with Crippen molar-refractivity contribution in [3.63, 3.8) is 0 Å². The molecule has 0 aliphatic carbocycles. The fourth-order valence-corrected chi connectivity index (χ4v) is 4.82. The SMILES string of the molecule is CCOc1ccccc1-n1c(SCc2nc3ccccc3n2C(F)F)nc2ccccc2c1=O. The fourth-order valence-electron chi connectivity index (χ4n) is 3.88. The summed E-state index contributed by atoms with van der Waals surface area (Å²) >= 11 is 1.18. The van der Waals surface area contributed by atoms with E-state index >= 15 is 0 Å². The number of rotatable bonds is 7. The lowest BCUT2D eigenvalue weighted by Gasteiger charge is -2.16. The van der Waals surface area contributed by atoms with E-state index in [4.69, 9.17) is 9.72 Å². The van der Waals surface area contributed by atoms with E-state index in [0.29, 0.717) is 45.1 Å². The lowest BCUT2D eigenvalue weighted by Crippen LogP contribution is -2.22. The molecule has 0 amide bonds. The first-order valence-corrected chi connectivity index (χ1v) is 11.7. The molecule has 0 N–H and O–H groups in total. The van der Waals surface area contributed by atoms with Crippen molar-refractivity contribution in [3.05, 3.63) is 89.0 Å². The van der Waals surface area contributed by atoms with Gasteiger partial charge in [0.05, 0.1) is 40.0 Å². The van der Waals surface area contributed by atoms with Gasteiger partial charge in [0.2, 0.25) is 0 Å². The molecule has 34 heavy (non-hydrogen) atoms. The molecule has 0 spiro atoms. The Labute approximate surface area is 197 Å². The van der Waals surface area contributed by atoms with Crippen LogP contribution in [0.25, 0.3) is 27.6 Å². The van der Waals surface area contributed by atoms with Crippen LogP contribution in [0.15, 0.2) is 82.7 Å². The summed E-state index contributed by atoms with van der Waals surface area (Å²) in [6.45, 7) is -0.454. The van der Waals surface area contributed by atoms with Gasteiger partial charge in [-0.15, -0.1) is 0 Å². The summed E-state index contributed by atoms with van der Waals surface area (Å²) in [5.74, 6) is 0.833. The van der Waals surface area contributed by atoms with Crippen LogP contribution in [0, 0.1) is 0 Å². The molecule has 0 radical (unpaired) electrons. The third-order valence-electron chi connectivity index (χ3n) is 5.35. The topological polar surface area (TPSA) is 61.9 Å². The van der Waals surface area contributed by atoms with Gasteiger partial charge in [0.25, 0.3) is 5.56 Å². The summed E-state index contributed by atoms with van der Waals surface area (Å²) in [7, 11) is 0. The molecular weight excluding hydrogens is 458 g/mol. The van der Waals surface area contributed by atoms with Crippen LogP contribution < -0.4 is 10.3 Å². The Morgan fingerprint density at radius 1 is 0.941 bits per heavy atom. The summed E-state index contributed by atoms with van der Waals surface area (Å²) in [5, 5.41) is 0.821. The average Bonchev–Trinajstić information content (AvgIpc) is 3.22. The molecule has 0 unspecified atom stereocenters. The van der Waals surface area contributed by atoms with E-state index in [2.05, 4.69) is 4.98 Å². The van der Waals surface area contributed by atoms with Crippen molar-refractivity contribution in [1.29, 1.82) is 0 Å². The molecular formula is C25H20F2N4O2S. The molecule has 0 fully saturated rings. The van der Waals surface area contributed by atoms with Crippen molar-refractivity contribution in [2.24, 2.45) is 0 Å². The number of imidazole rings is 1. The number of halogens is 2. The summed E-state index contributed by atoms with van der Waals surface area (Å²) < 4.78 is 35.9. The molecule has 6 nitrogen and oxygen atoms in total. The molecule has 0 atom stereocenters. The lowest BCUT2D eigenvalue weighted by atomic mass is 10.2. The molecule has 5 aromatic rings. The summed E-state index contributed by atoms with van der Waals surface area (Å²) in [6.07, 6.45) is 0. The first kappa shape index (κ1) is 22.1. The summed E-state index contributed by atoms with van der Waals surface area (Å²) in [6, 6.07) is 21.0. The average molecular weight is 479 g/mol. The van der Waals surface area contributed by atoms with E-state index < -0.39 is 6.55 Å². The number of para-hydroxylation sites is 5. The van der Waals surface area contributed by atoms with E-state index in [1.54, 1.807) is 60.7 Å². The van der Waals surface area contributed by atoms with Gasteiger partial charge < -0.3 is 4.74 Å². The maximum Gasteiger partial charge on any atom is 0.320 e. The van der Waals surface area contributed by atoms with Gasteiger partial charge in [-0.1, -0.05) is 48.2 Å². The second kappa shape index (κ2) is 9.26. The van der Waals surface area contributed by atoms with Gasteiger partial charge in [-0.2, -0.15) is 8.78 Å². The number of ether oxygens (including phenoxy) is 1. The van der Waals surface area contributed by atoms with Crippen molar-refractivity contribution in [2.75, 3.05) is 6.61 Å². The Morgan fingerprint density at radius 3 is 2.44 bits per heavy atom. The first-order chi connectivity index (χ1) is 16.6. The number of fused-ring (bicyclic) bond motifs is 2. The molecule has 0 saturated heterocycles. The van der Waals surface area contributed by atoms with Crippen LogP contribution in [0.2, 0.25) is 0 Å². The highest BCUT2D eigenvalue weighted by Gasteiger charge is 2.20. The van der Waals surface area contributed by atoms with E-state index in [9.17, 15) is 13.6 Å². The highest BCUT2D eigenvalue weighted by molar-refractivity contribution is 7.98. The van der Waals surface area contributed by atoms with Crippen LogP contribution >= 0.6 is 11.8 Å². The number of thioether (sulfide) groups is 1. The molecule has 0 aliphatic heterocycles. The van der Waals surface area contributed by atoms with E-state index in [1.807, 2.05) is 19.1 Å². The molecule has 0 saturated carbocycles. The Kier molecular flexibility index (Phi) is 6.02. The van der Waals surface area contributed by atoms with Crippen LogP contribution in [-0.2, 0) is 5.75 Å². The highest BCUT2D eigenvalue weighted by atomic mass is 32.2. The van der Waals surface area contributed by atoms with Crippen molar-refractivity contribution in [2.45, 2.75) is 24.4 Å². The lowest BCUT2D eigenvalue weighted by molar-refractivity contribution is 0.0722. The van der Waals surface area contributed by atoms with E-state index in [-0.39, 0.29) is 17.1 Å². The molecule has 5 rings (SSSR count). The Bertz CT molecular complexity index is 1550. The predicted molar refractivity (Wildman–Crippen MR) is 129 cm³/mol. The Morgan fingerprint density at radius 2 is 1.65 bits per heavy atom. The van der Waals surface area contributed by atoms with Gasteiger partial charge in [0.15, 0.2) is 5.16 Å². The smallest absolute Gasteiger partial charge is 0.320 e. The maximum atomic E-state index is 13.9. The van der Waals surface area contributed by atoms with Gasteiger partial charge in [-0.3, -0.25) is 13.9 Å². The van der Waals surface area contributed by atoms with Gasteiger partial charge in [0.1, 0.15) is 11.6 Å². The maximum absolute atomic E-state index is 13.9. The number of alkyl halides is 2.